The summed E-state index contributed by atoms with van der Waals surface area (Å²) >= 11 is 0. The van der Waals surface area contributed by atoms with E-state index < -0.39 is 0 Å². The van der Waals surface area contributed by atoms with Crippen LogP contribution in [0.5, 0.6) is 0 Å². The molecule has 2 aliphatic heterocycles. The van der Waals surface area contributed by atoms with Crippen molar-refractivity contribution in [2.75, 3.05) is 13.1 Å². The zero-order valence-electron chi connectivity index (χ0n) is 7.64. The van der Waals surface area contributed by atoms with Crippen molar-refractivity contribution < 1.29 is 0 Å². The number of hydrogen-bond donors (Lipinski definition) is 1. The van der Waals surface area contributed by atoms with E-state index in [4.69, 9.17) is 5.73 Å². The lowest BCUT2D eigenvalue weighted by Crippen LogP contribution is -2.42. The Labute approximate surface area is 81.8 Å². The molecule has 0 amide bonds. The predicted molar refractivity (Wildman–Crippen MR) is 55.8 cm³/mol. The lowest BCUT2D eigenvalue weighted by molar-refractivity contribution is 0.654. The molecule has 0 fully saturated rings. The molecule has 0 saturated heterocycles. The summed E-state index contributed by atoms with van der Waals surface area (Å²) in [6.45, 7) is 1.65. The lowest BCUT2D eigenvalue weighted by atomic mass is 10.1. The number of nitrogens with zero attached hydrogens (tertiary/aromatic N) is 3. The van der Waals surface area contributed by atoms with E-state index in [2.05, 4.69) is 9.98 Å². The number of para-hydroxylation sites is 1. The first kappa shape index (κ1) is 7.55. The van der Waals surface area contributed by atoms with E-state index >= 15 is 0 Å². The largest absolute Gasteiger partial charge is 0.369 e. The molecular formula is C10H10N4. The van der Waals surface area contributed by atoms with E-state index in [0.29, 0.717) is 5.96 Å². The van der Waals surface area contributed by atoms with Crippen LogP contribution >= 0.6 is 0 Å². The van der Waals surface area contributed by atoms with Crippen LogP contribution in [-0.4, -0.2) is 29.8 Å². The van der Waals surface area contributed by atoms with Crippen molar-refractivity contribution >= 4 is 17.5 Å². The van der Waals surface area contributed by atoms with Gasteiger partial charge in [-0.05, 0) is 12.1 Å². The van der Waals surface area contributed by atoms with Crippen LogP contribution in [0.2, 0.25) is 0 Å². The lowest BCUT2D eigenvalue weighted by Gasteiger charge is -2.24. The monoisotopic (exact) mass is 186 g/mol. The van der Waals surface area contributed by atoms with Gasteiger partial charge in [0.25, 0.3) is 0 Å². The quantitative estimate of drug-likeness (QED) is 0.648. The molecule has 4 heteroatoms. The molecule has 1 aromatic rings. The SMILES string of the molecule is NC1=Nc2ccccc2C2=NCCN12. The maximum atomic E-state index is 5.83. The number of guanidine groups is 1. The van der Waals surface area contributed by atoms with Gasteiger partial charge in [-0.15, -0.1) is 0 Å². The molecule has 0 aliphatic carbocycles. The molecule has 3 rings (SSSR count). The van der Waals surface area contributed by atoms with Gasteiger partial charge in [-0.3, -0.25) is 9.89 Å². The molecule has 0 bridgehead atoms. The van der Waals surface area contributed by atoms with Gasteiger partial charge in [0.1, 0.15) is 5.84 Å². The highest BCUT2D eigenvalue weighted by Crippen LogP contribution is 2.26. The first-order valence-corrected chi connectivity index (χ1v) is 4.62. The van der Waals surface area contributed by atoms with Crippen molar-refractivity contribution in [2.45, 2.75) is 0 Å². The number of benzene rings is 1. The van der Waals surface area contributed by atoms with Gasteiger partial charge < -0.3 is 5.73 Å². The standard InChI is InChI=1S/C10H10N4/c11-10-13-8-4-2-1-3-7(8)9-12-5-6-14(9)10/h1-4H,5-6H2,(H2,11,13). The first-order chi connectivity index (χ1) is 6.86. The first-order valence-electron chi connectivity index (χ1n) is 4.62. The third-order valence-electron chi connectivity index (χ3n) is 2.50. The van der Waals surface area contributed by atoms with E-state index in [1.165, 1.54) is 0 Å². The molecule has 0 unspecified atom stereocenters. The fourth-order valence-corrected chi connectivity index (χ4v) is 1.84. The highest BCUT2D eigenvalue weighted by atomic mass is 15.3. The molecule has 2 aliphatic rings. The Morgan fingerprint density at radius 1 is 1.29 bits per heavy atom. The summed E-state index contributed by atoms with van der Waals surface area (Å²) in [5, 5.41) is 0. The summed E-state index contributed by atoms with van der Waals surface area (Å²) in [7, 11) is 0. The van der Waals surface area contributed by atoms with Gasteiger partial charge in [-0.2, -0.15) is 0 Å². The fraction of sp³-hybridized carbons (Fsp3) is 0.200. The number of fused-ring (bicyclic) bond motifs is 3. The molecule has 0 radical (unpaired) electrons. The van der Waals surface area contributed by atoms with Crippen LogP contribution in [0.15, 0.2) is 34.3 Å². The molecule has 4 nitrogen and oxygen atoms in total. The summed E-state index contributed by atoms with van der Waals surface area (Å²) in [6.07, 6.45) is 0. The second-order valence-corrected chi connectivity index (χ2v) is 3.34. The highest BCUT2D eigenvalue weighted by Gasteiger charge is 2.27. The van der Waals surface area contributed by atoms with Crippen LogP contribution in [0.3, 0.4) is 0 Å². The maximum absolute atomic E-state index is 5.83. The number of amidine groups is 1. The molecule has 14 heavy (non-hydrogen) atoms. The molecule has 2 N–H and O–H groups in total. The van der Waals surface area contributed by atoms with Gasteiger partial charge in [0, 0.05) is 12.1 Å². The molecule has 1 aromatic carbocycles. The molecule has 0 spiro atoms. The molecule has 0 atom stereocenters. The van der Waals surface area contributed by atoms with E-state index in [1.54, 1.807) is 0 Å². The van der Waals surface area contributed by atoms with Crippen LogP contribution in [0.1, 0.15) is 5.56 Å². The van der Waals surface area contributed by atoms with Gasteiger partial charge in [-0.25, -0.2) is 4.99 Å². The van der Waals surface area contributed by atoms with Crippen LogP contribution in [0.25, 0.3) is 0 Å². The van der Waals surface area contributed by atoms with E-state index in [-0.39, 0.29) is 0 Å². The van der Waals surface area contributed by atoms with Crippen LogP contribution < -0.4 is 5.73 Å². The van der Waals surface area contributed by atoms with Crippen molar-refractivity contribution in [1.29, 1.82) is 0 Å². The third-order valence-corrected chi connectivity index (χ3v) is 2.50. The van der Waals surface area contributed by atoms with Crippen molar-refractivity contribution in [1.82, 2.24) is 4.90 Å². The minimum atomic E-state index is 0.556. The van der Waals surface area contributed by atoms with E-state index in [1.807, 2.05) is 29.2 Å². The predicted octanol–water partition coefficient (Wildman–Crippen LogP) is 0.709. The summed E-state index contributed by atoms with van der Waals surface area (Å²) in [6, 6.07) is 7.94. The number of hydrogen-bond acceptors (Lipinski definition) is 4. The van der Waals surface area contributed by atoms with Gasteiger partial charge in [0.05, 0.1) is 12.2 Å². The Balaban J connectivity index is 2.25. The maximum Gasteiger partial charge on any atom is 0.202 e. The third kappa shape index (κ3) is 0.878. The summed E-state index contributed by atoms with van der Waals surface area (Å²) in [4.78, 5) is 10.7. The minimum Gasteiger partial charge on any atom is -0.369 e. The van der Waals surface area contributed by atoms with Gasteiger partial charge >= 0.3 is 0 Å². The highest BCUT2D eigenvalue weighted by molar-refractivity contribution is 6.15. The fourth-order valence-electron chi connectivity index (χ4n) is 1.84. The number of aliphatic imine (C=N–C) groups is 2. The van der Waals surface area contributed by atoms with E-state index in [0.717, 1.165) is 30.2 Å². The van der Waals surface area contributed by atoms with Crippen molar-refractivity contribution in [3.05, 3.63) is 29.8 Å². The topological polar surface area (TPSA) is 54.0 Å². The average Bonchev–Trinajstić information content (AvgIpc) is 2.67. The Bertz CT molecular complexity index is 447. The second-order valence-electron chi connectivity index (χ2n) is 3.34. The zero-order chi connectivity index (χ0) is 9.54. The second kappa shape index (κ2) is 2.57. The Kier molecular flexibility index (Phi) is 1.39. The number of nitrogens with two attached hydrogens (primary N) is 1. The molecule has 0 aromatic heterocycles. The zero-order valence-corrected chi connectivity index (χ0v) is 7.64. The smallest absolute Gasteiger partial charge is 0.202 e. The Morgan fingerprint density at radius 3 is 3.07 bits per heavy atom. The summed E-state index contributed by atoms with van der Waals surface area (Å²) in [5.41, 5.74) is 7.83. The normalized spacial score (nSPS) is 18.4. The van der Waals surface area contributed by atoms with E-state index in [9.17, 15) is 0 Å². The summed E-state index contributed by atoms with van der Waals surface area (Å²) < 4.78 is 0. The van der Waals surface area contributed by atoms with Crippen LogP contribution in [-0.2, 0) is 0 Å². The van der Waals surface area contributed by atoms with Crippen molar-refractivity contribution in [3.8, 4) is 0 Å². The van der Waals surface area contributed by atoms with Crippen LogP contribution in [0, 0.1) is 0 Å². The van der Waals surface area contributed by atoms with Crippen molar-refractivity contribution in [3.63, 3.8) is 0 Å². The van der Waals surface area contributed by atoms with Gasteiger partial charge in [0.2, 0.25) is 5.96 Å². The average molecular weight is 186 g/mol. The molecule has 2 heterocycles. The minimum absolute atomic E-state index is 0.556. The van der Waals surface area contributed by atoms with Crippen LogP contribution in [0.4, 0.5) is 5.69 Å². The molecule has 70 valence electrons. The summed E-state index contributed by atoms with van der Waals surface area (Å²) in [5.74, 6) is 1.52. The van der Waals surface area contributed by atoms with Crippen molar-refractivity contribution in [2.24, 2.45) is 15.7 Å². The van der Waals surface area contributed by atoms with Gasteiger partial charge in [0.15, 0.2) is 0 Å². The Morgan fingerprint density at radius 2 is 2.14 bits per heavy atom. The molecule has 0 saturated carbocycles. The Hall–Kier alpha value is -1.84. The number of rotatable bonds is 0. The van der Waals surface area contributed by atoms with Gasteiger partial charge in [-0.1, -0.05) is 12.1 Å². The molecular weight excluding hydrogens is 176 g/mol.